The number of carbonyl (C=O) groups is 1. The Morgan fingerprint density at radius 1 is 1.29 bits per heavy atom. The molecule has 0 aliphatic carbocycles. The van der Waals surface area contributed by atoms with Crippen molar-refractivity contribution < 1.29 is 27.5 Å². The summed E-state index contributed by atoms with van der Waals surface area (Å²) in [5.74, 6) is 0. The Balaban J connectivity index is 3.79. The predicted octanol–water partition coefficient (Wildman–Crippen LogP) is -1.25. The van der Waals surface area contributed by atoms with Gasteiger partial charge in [-0.05, 0) is 0 Å². The zero-order chi connectivity index (χ0) is 11.0. The average Bonchev–Trinajstić information content (AvgIpc) is 2.12. The van der Waals surface area contributed by atoms with E-state index in [2.05, 4.69) is 14.3 Å². The van der Waals surface area contributed by atoms with E-state index in [1.165, 1.54) is 11.8 Å². The minimum absolute atomic E-state index is 0.0264. The van der Waals surface area contributed by atoms with E-state index in [1.807, 2.05) is 0 Å². The molecule has 0 aromatic rings. The highest BCUT2D eigenvalue weighted by Gasteiger charge is 2.13. The molecule has 0 aliphatic rings. The Labute approximate surface area is 81.7 Å². The highest BCUT2D eigenvalue weighted by atomic mass is 32.2. The van der Waals surface area contributed by atoms with Crippen LogP contribution < -0.4 is 9.61 Å². The van der Waals surface area contributed by atoms with Gasteiger partial charge in [-0.25, -0.2) is 9.52 Å². The van der Waals surface area contributed by atoms with Crippen LogP contribution in [0.5, 0.6) is 0 Å². The molecule has 0 aliphatic heterocycles. The monoisotopic (exact) mass is 228 g/mol. The van der Waals surface area contributed by atoms with Gasteiger partial charge in [-0.2, -0.15) is 8.42 Å². The van der Waals surface area contributed by atoms with Crippen LogP contribution in [0.15, 0.2) is 0 Å². The second kappa shape index (κ2) is 6.54. The van der Waals surface area contributed by atoms with Crippen molar-refractivity contribution in [1.29, 1.82) is 0 Å². The highest BCUT2D eigenvalue weighted by molar-refractivity contribution is 7.87. The molecule has 0 fully saturated rings. The molecule has 0 spiro atoms. The number of methoxy groups -OCH3 is 2. The number of rotatable bonds is 6. The Morgan fingerprint density at radius 3 is 2.43 bits per heavy atom. The first-order valence-corrected chi connectivity index (χ1v) is 4.98. The summed E-state index contributed by atoms with van der Waals surface area (Å²) in [6, 6.07) is 0. The van der Waals surface area contributed by atoms with Crippen molar-refractivity contribution in [1.82, 2.24) is 9.61 Å². The maximum absolute atomic E-state index is 10.9. The summed E-state index contributed by atoms with van der Waals surface area (Å²) >= 11 is 0. The topological polar surface area (TPSA) is 103 Å². The van der Waals surface area contributed by atoms with Gasteiger partial charge in [-0.3, -0.25) is 4.84 Å². The van der Waals surface area contributed by atoms with Crippen molar-refractivity contribution in [3.8, 4) is 0 Å². The number of hydrogen-bond acceptors (Lipinski definition) is 6. The maximum atomic E-state index is 10.9. The molecule has 1 amide bonds. The summed E-state index contributed by atoms with van der Waals surface area (Å²) in [6.45, 7) is 0.249. The Bertz CT molecular complexity index is 263. The van der Waals surface area contributed by atoms with E-state index in [-0.39, 0.29) is 13.2 Å². The van der Waals surface area contributed by atoms with Crippen molar-refractivity contribution in [3.63, 3.8) is 0 Å². The van der Waals surface area contributed by atoms with Gasteiger partial charge < -0.3 is 9.47 Å². The fourth-order valence-electron chi connectivity index (χ4n) is 0.416. The molecule has 0 radical (unpaired) electrons. The average molecular weight is 228 g/mol. The molecule has 0 rings (SSSR count). The molecule has 8 nitrogen and oxygen atoms in total. The van der Waals surface area contributed by atoms with Crippen LogP contribution in [-0.2, 0) is 24.5 Å². The molecular formula is C5H12N2O6S. The van der Waals surface area contributed by atoms with E-state index < -0.39 is 16.3 Å². The van der Waals surface area contributed by atoms with Crippen LogP contribution in [0.2, 0.25) is 0 Å². The smallest absolute Gasteiger partial charge is 0.421 e. The molecule has 84 valence electrons. The van der Waals surface area contributed by atoms with Crippen LogP contribution in [0.3, 0.4) is 0 Å². The van der Waals surface area contributed by atoms with Crippen molar-refractivity contribution in [3.05, 3.63) is 0 Å². The van der Waals surface area contributed by atoms with Crippen molar-refractivity contribution in [2.24, 2.45) is 0 Å². The number of hydrogen-bond donors (Lipinski definition) is 2. The lowest BCUT2D eigenvalue weighted by Crippen LogP contribution is -2.40. The van der Waals surface area contributed by atoms with Gasteiger partial charge in [-0.1, -0.05) is 4.89 Å². The van der Waals surface area contributed by atoms with Gasteiger partial charge in [0.1, 0.15) is 0 Å². The summed E-state index contributed by atoms with van der Waals surface area (Å²) in [6.07, 6.45) is -1.10. The number of ether oxygens (including phenoxy) is 2. The van der Waals surface area contributed by atoms with Gasteiger partial charge in [0.25, 0.3) is 0 Å². The van der Waals surface area contributed by atoms with E-state index >= 15 is 0 Å². The number of carbonyl (C=O) groups excluding carboxylic acids is 1. The molecule has 0 aromatic heterocycles. The fourth-order valence-corrected chi connectivity index (χ4v) is 0.999. The first-order valence-electron chi connectivity index (χ1n) is 3.50. The summed E-state index contributed by atoms with van der Waals surface area (Å²) < 4.78 is 31.9. The third kappa shape index (κ3) is 6.60. The van der Waals surface area contributed by atoms with Gasteiger partial charge in [0, 0.05) is 7.11 Å². The first-order chi connectivity index (χ1) is 6.52. The van der Waals surface area contributed by atoms with Gasteiger partial charge in [-0.15, -0.1) is 0 Å². The minimum atomic E-state index is -4.03. The lowest BCUT2D eigenvalue weighted by molar-refractivity contribution is 0.0432. The summed E-state index contributed by atoms with van der Waals surface area (Å²) in [5, 5.41) is 0. The molecular weight excluding hydrogens is 216 g/mol. The molecule has 0 atom stereocenters. The summed E-state index contributed by atoms with van der Waals surface area (Å²) in [5.41, 5.74) is 0. The van der Waals surface area contributed by atoms with Crippen LogP contribution >= 0.6 is 0 Å². The molecule has 9 heteroatoms. The lowest BCUT2D eigenvalue weighted by atomic mass is 10.8. The quantitative estimate of drug-likeness (QED) is 0.435. The van der Waals surface area contributed by atoms with Crippen LogP contribution in [0.1, 0.15) is 0 Å². The zero-order valence-corrected chi connectivity index (χ0v) is 8.59. The number of amides is 1. The van der Waals surface area contributed by atoms with E-state index in [0.717, 1.165) is 7.11 Å². The zero-order valence-electron chi connectivity index (χ0n) is 7.77. The van der Waals surface area contributed by atoms with Crippen LogP contribution in [0.4, 0.5) is 4.79 Å². The largest absolute Gasteiger partial charge is 0.452 e. The van der Waals surface area contributed by atoms with E-state index in [9.17, 15) is 13.2 Å². The van der Waals surface area contributed by atoms with Crippen molar-refractivity contribution >= 4 is 16.3 Å². The second-order valence-electron chi connectivity index (χ2n) is 2.02. The highest BCUT2D eigenvalue weighted by Crippen LogP contribution is 1.81. The Morgan fingerprint density at radius 2 is 1.93 bits per heavy atom. The van der Waals surface area contributed by atoms with Crippen LogP contribution in [0, 0.1) is 0 Å². The first kappa shape index (κ1) is 13.1. The maximum Gasteiger partial charge on any atom is 0.421 e. The molecule has 0 saturated heterocycles. The SMILES string of the molecule is COCCONS(=O)(=O)NC(=O)OC. The fraction of sp³-hybridized carbons (Fsp3) is 0.800. The third-order valence-electron chi connectivity index (χ3n) is 0.961. The van der Waals surface area contributed by atoms with Gasteiger partial charge in [0.2, 0.25) is 0 Å². The second-order valence-corrected chi connectivity index (χ2v) is 3.40. The van der Waals surface area contributed by atoms with E-state index in [0.29, 0.717) is 0 Å². The molecule has 0 heterocycles. The molecule has 2 N–H and O–H groups in total. The van der Waals surface area contributed by atoms with E-state index in [4.69, 9.17) is 0 Å². The standard InChI is InChI=1S/C5H12N2O6S/c1-11-3-4-13-7-14(9,10)6-5(8)12-2/h7H,3-4H2,1-2H3,(H,6,8). The Kier molecular flexibility index (Phi) is 6.12. The van der Waals surface area contributed by atoms with Gasteiger partial charge in [0.05, 0.1) is 20.3 Å². The lowest BCUT2D eigenvalue weighted by Gasteiger charge is -2.06. The molecule has 0 unspecified atom stereocenters. The van der Waals surface area contributed by atoms with Crippen LogP contribution in [0.25, 0.3) is 0 Å². The van der Waals surface area contributed by atoms with Crippen molar-refractivity contribution in [2.75, 3.05) is 27.4 Å². The normalized spacial score (nSPS) is 11.0. The molecule has 0 aromatic carbocycles. The van der Waals surface area contributed by atoms with Gasteiger partial charge in [0.15, 0.2) is 0 Å². The molecule has 0 bridgehead atoms. The van der Waals surface area contributed by atoms with Crippen LogP contribution in [-0.4, -0.2) is 41.9 Å². The third-order valence-corrected chi connectivity index (χ3v) is 1.73. The van der Waals surface area contributed by atoms with Gasteiger partial charge >= 0.3 is 16.3 Å². The summed E-state index contributed by atoms with van der Waals surface area (Å²) in [7, 11) is -1.55. The molecule has 14 heavy (non-hydrogen) atoms. The van der Waals surface area contributed by atoms with E-state index in [1.54, 1.807) is 4.89 Å². The molecule has 0 saturated carbocycles. The summed E-state index contributed by atoms with van der Waals surface area (Å²) in [4.78, 5) is 16.6. The minimum Gasteiger partial charge on any atom is -0.452 e. The number of nitrogens with one attached hydrogen (secondary N) is 2. The Hall–Kier alpha value is -0.900. The van der Waals surface area contributed by atoms with Crippen molar-refractivity contribution in [2.45, 2.75) is 0 Å². The predicted molar refractivity (Wildman–Crippen MR) is 45.4 cm³/mol.